The number of fused-ring (bicyclic) bond motifs is 1. The van der Waals surface area contributed by atoms with Crippen molar-refractivity contribution in [3.8, 4) is 6.07 Å². The van der Waals surface area contributed by atoms with Crippen LogP contribution in [0.5, 0.6) is 0 Å². The predicted molar refractivity (Wildman–Crippen MR) is 91.0 cm³/mol. The summed E-state index contributed by atoms with van der Waals surface area (Å²) in [5.41, 5.74) is 7.80. The van der Waals surface area contributed by atoms with Gasteiger partial charge in [0, 0.05) is 43.0 Å². The highest BCUT2D eigenvalue weighted by Crippen LogP contribution is 2.34. The number of rotatable bonds is 4. The van der Waals surface area contributed by atoms with Gasteiger partial charge in [-0.2, -0.15) is 5.26 Å². The quantitative estimate of drug-likeness (QED) is 0.754. The van der Waals surface area contributed by atoms with Crippen LogP contribution in [0.15, 0.2) is 23.6 Å². The molecule has 0 amide bonds. The Hall–Kier alpha value is -2.52. The highest BCUT2D eigenvalue weighted by Gasteiger charge is 2.16. The summed E-state index contributed by atoms with van der Waals surface area (Å²) in [5, 5.41) is 13.5. The first-order valence-corrected chi connectivity index (χ1v) is 7.03. The summed E-state index contributed by atoms with van der Waals surface area (Å²) in [6.45, 7) is 3.45. The SMILES string of the molecule is CNc1c(C(C=NC(C)(C)C#N)=CN)cnc2[nH]cc(Cl)c12. The lowest BCUT2D eigenvalue weighted by Gasteiger charge is -2.12. The summed E-state index contributed by atoms with van der Waals surface area (Å²) in [4.78, 5) is 11.6. The van der Waals surface area contributed by atoms with Crippen LogP contribution in [0, 0.1) is 11.3 Å². The molecule has 0 aromatic carbocycles. The van der Waals surface area contributed by atoms with E-state index in [-0.39, 0.29) is 0 Å². The fraction of sp³-hybridized carbons (Fsp3) is 0.267. The Kier molecular flexibility index (Phi) is 4.38. The van der Waals surface area contributed by atoms with Gasteiger partial charge in [-0.3, -0.25) is 4.99 Å². The fourth-order valence-corrected chi connectivity index (χ4v) is 2.24. The Morgan fingerprint density at radius 3 is 2.91 bits per heavy atom. The van der Waals surface area contributed by atoms with E-state index < -0.39 is 5.54 Å². The van der Waals surface area contributed by atoms with Crippen LogP contribution in [-0.2, 0) is 0 Å². The van der Waals surface area contributed by atoms with Crippen molar-refractivity contribution in [1.29, 1.82) is 5.26 Å². The van der Waals surface area contributed by atoms with E-state index in [1.807, 2.05) is 0 Å². The summed E-state index contributed by atoms with van der Waals surface area (Å²) in [6.07, 6.45) is 6.38. The molecule has 2 heterocycles. The van der Waals surface area contributed by atoms with Crippen LogP contribution in [0.2, 0.25) is 5.02 Å². The first kappa shape index (κ1) is 15.9. The zero-order valence-electron chi connectivity index (χ0n) is 12.6. The third-order valence-electron chi connectivity index (χ3n) is 3.19. The van der Waals surface area contributed by atoms with E-state index in [9.17, 15) is 0 Å². The molecule has 0 aliphatic rings. The van der Waals surface area contributed by atoms with Crippen molar-refractivity contribution in [3.63, 3.8) is 0 Å². The first-order chi connectivity index (χ1) is 10.4. The summed E-state index contributed by atoms with van der Waals surface area (Å²) in [6, 6.07) is 2.11. The zero-order valence-corrected chi connectivity index (χ0v) is 13.4. The minimum atomic E-state index is -0.822. The molecule has 2 aromatic rings. The van der Waals surface area contributed by atoms with Gasteiger partial charge >= 0.3 is 0 Å². The van der Waals surface area contributed by atoms with E-state index in [2.05, 4.69) is 26.3 Å². The Balaban J connectivity index is 2.58. The van der Waals surface area contributed by atoms with Gasteiger partial charge in [-0.25, -0.2) is 4.98 Å². The lowest BCUT2D eigenvalue weighted by molar-refractivity contribution is 0.677. The van der Waals surface area contributed by atoms with Gasteiger partial charge in [0.1, 0.15) is 11.2 Å². The third-order valence-corrected chi connectivity index (χ3v) is 3.49. The molecule has 22 heavy (non-hydrogen) atoms. The van der Waals surface area contributed by atoms with Crippen molar-refractivity contribution in [3.05, 3.63) is 29.2 Å². The van der Waals surface area contributed by atoms with Crippen molar-refractivity contribution in [2.45, 2.75) is 19.4 Å². The van der Waals surface area contributed by atoms with Crippen molar-refractivity contribution in [1.82, 2.24) is 9.97 Å². The number of hydrogen-bond donors (Lipinski definition) is 3. The number of aromatic amines is 1. The number of nitrogens with one attached hydrogen (secondary N) is 2. The number of nitrogens with zero attached hydrogens (tertiary/aromatic N) is 3. The number of nitrogens with two attached hydrogens (primary N) is 1. The molecule has 0 spiro atoms. The van der Waals surface area contributed by atoms with Crippen LogP contribution >= 0.6 is 11.6 Å². The fourth-order valence-electron chi connectivity index (χ4n) is 2.00. The lowest BCUT2D eigenvalue weighted by atomic mass is 10.0. The predicted octanol–water partition coefficient (Wildman–Crippen LogP) is 2.93. The highest BCUT2D eigenvalue weighted by molar-refractivity contribution is 6.37. The summed E-state index contributed by atoms with van der Waals surface area (Å²) < 4.78 is 0. The zero-order chi connectivity index (χ0) is 16.3. The monoisotopic (exact) mass is 316 g/mol. The second-order valence-electron chi connectivity index (χ2n) is 5.21. The van der Waals surface area contributed by atoms with Crippen LogP contribution in [-0.4, -0.2) is 28.8 Å². The minimum Gasteiger partial charge on any atom is -0.404 e. The Morgan fingerprint density at radius 2 is 2.32 bits per heavy atom. The van der Waals surface area contributed by atoms with Crippen LogP contribution in [0.1, 0.15) is 19.4 Å². The molecule has 2 aromatic heterocycles. The average Bonchev–Trinajstić information content (AvgIpc) is 2.89. The second kappa shape index (κ2) is 6.08. The van der Waals surface area contributed by atoms with Gasteiger partial charge in [0.2, 0.25) is 0 Å². The number of hydrogen-bond acceptors (Lipinski definition) is 5. The Bertz CT molecular complexity index is 794. The smallest absolute Gasteiger partial charge is 0.141 e. The molecule has 0 atom stereocenters. The maximum Gasteiger partial charge on any atom is 0.141 e. The van der Waals surface area contributed by atoms with E-state index in [4.69, 9.17) is 22.6 Å². The molecule has 114 valence electrons. The number of nitriles is 1. The topological polar surface area (TPSA) is 103 Å². The molecule has 4 N–H and O–H groups in total. The molecule has 0 bridgehead atoms. The van der Waals surface area contributed by atoms with E-state index in [1.165, 1.54) is 6.20 Å². The molecule has 0 aliphatic heterocycles. The second-order valence-corrected chi connectivity index (χ2v) is 5.62. The number of allylic oxidation sites excluding steroid dienone is 1. The molecule has 0 fully saturated rings. The maximum atomic E-state index is 9.04. The summed E-state index contributed by atoms with van der Waals surface area (Å²) in [5.74, 6) is 0. The van der Waals surface area contributed by atoms with Gasteiger partial charge in [0.25, 0.3) is 0 Å². The van der Waals surface area contributed by atoms with Crippen molar-refractivity contribution in [2.75, 3.05) is 12.4 Å². The average molecular weight is 317 g/mol. The van der Waals surface area contributed by atoms with Gasteiger partial charge in [-0.1, -0.05) is 11.6 Å². The standard InChI is InChI=1S/C15H17ClN6/c1-15(2,8-18)22-5-9(4-17)10-6-20-14-12(13(10)19-3)11(16)7-21-14/h4-7H,17H2,1-3H3,(H2,19,20,21). The van der Waals surface area contributed by atoms with E-state index >= 15 is 0 Å². The number of halogens is 1. The van der Waals surface area contributed by atoms with E-state index in [0.29, 0.717) is 16.2 Å². The van der Waals surface area contributed by atoms with Gasteiger partial charge in [0.05, 0.1) is 22.2 Å². The number of aromatic nitrogens is 2. The maximum absolute atomic E-state index is 9.04. The molecule has 0 unspecified atom stereocenters. The molecule has 0 aliphatic carbocycles. The van der Waals surface area contributed by atoms with Gasteiger partial charge < -0.3 is 16.0 Å². The van der Waals surface area contributed by atoms with Gasteiger partial charge in [0.15, 0.2) is 0 Å². The van der Waals surface area contributed by atoms with E-state index in [0.717, 1.165) is 16.6 Å². The van der Waals surface area contributed by atoms with Gasteiger partial charge in [-0.05, 0) is 13.8 Å². The minimum absolute atomic E-state index is 0.569. The van der Waals surface area contributed by atoms with Crippen LogP contribution in [0.4, 0.5) is 5.69 Å². The third kappa shape index (κ3) is 2.90. The number of aliphatic imine (C=N–C) groups is 1. The van der Waals surface area contributed by atoms with Crippen LogP contribution in [0.25, 0.3) is 16.6 Å². The molecule has 0 radical (unpaired) electrons. The molecule has 6 nitrogen and oxygen atoms in total. The van der Waals surface area contributed by atoms with Crippen molar-refractivity contribution >= 4 is 40.1 Å². The molecule has 7 heteroatoms. The lowest BCUT2D eigenvalue weighted by Crippen LogP contribution is -2.13. The Morgan fingerprint density at radius 1 is 1.59 bits per heavy atom. The molecule has 0 saturated heterocycles. The van der Waals surface area contributed by atoms with Crippen molar-refractivity contribution < 1.29 is 0 Å². The van der Waals surface area contributed by atoms with Crippen molar-refractivity contribution in [2.24, 2.45) is 10.7 Å². The number of pyridine rings is 1. The molecular weight excluding hydrogens is 300 g/mol. The molecular formula is C15H17ClN6. The number of anilines is 1. The highest BCUT2D eigenvalue weighted by atomic mass is 35.5. The normalized spacial score (nSPS) is 12.8. The molecule has 2 rings (SSSR count). The molecule has 0 saturated carbocycles. The largest absolute Gasteiger partial charge is 0.404 e. The van der Waals surface area contributed by atoms with Crippen LogP contribution < -0.4 is 11.1 Å². The number of H-pyrrole nitrogens is 1. The summed E-state index contributed by atoms with van der Waals surface area (Å²) in [7, 11) is 1.80. The van der Waals surface area contributed by atoms with E-state index in [1.54, 1.807) is 39.5 Å². The first-order valence-electron chi connectivity index (χ1n) is 6.65. The van der Waals surface area contributed by atoms with Gasteiger partial charge in [-0.15, -0.1) is 0 Å². The Labute approximate surface area is 133 Å². The van der Waals surface area contributed by atoms with Crippen LogP contribution in [0.3, 0.4) is 0 Å². The summed E-state index contributed by atoms with van der Waals surface area (Å²) >= 11 is 6.21.